The molecule has 4 heteroatoms. The lowest BCUT2D eigenvalue weighted by Gasteiger charge is -2.36. The van der Waals surface area contributed by atoms with Gasteiger partial charge in [0.1, 0.15) is 5.75 Å². The highest BCUT2D eigenvalue weighted by atomic mass is 16.5. The summed E-state index contributed by atoms with van der Waals surface area (Å²) < 4.78 is 5.95. The summed E-state index contributed by atoms with van der Waals surface area (Å²) in [5, 5.41) is 2.49. The Balaban J connectivity index is 1.19. The van der Waals surface area contributed by atoms with Gasteiger partial charge in [0, 0.05) is 50.8 Å². The number of anilines is 1. The molecule has 0 amide bonds. The topological polar surface area (TPSA) is 28.6 Å². The van der Waals surface area contributed by atoms with E-state index in [0.29, 0.717) is 0 Å². The molecule has 1 aliphatic rings. The third-order valence-corrected chi connectivity index (χ3v) is 5.01. The zero-order valence-electron chi connectivity index (χ0n) is 15.1. The van der Waals surface area contributed by atoms with Crippen molar-refractivity contribution in [3.05, 3.63) is 67.0 Å². The van der Waals surface area contributed by atoms with E-state index in [4.69, 9.17) is 4.74 Å². The minimum atomic E-state index is 0.767. The minimum Gasteiger partial charge on any atom is -0.494 e. The standard InChI is InChI=1S/C22H25N3O/c1-2-5-20-18-22(7-6-19(20)4-1)26-17-3-12-24-13-15-25(16-14-24)21-8-10-23-11-9-21/h1-2,4-11,18H,3,12-17H2. The number of nitrogens with zero attached hydrogens (tertiary/aromatic N) is 3. The second-order valence-corrected chi connectivity index (χ2v) is 6.75. The summed E-state index contributed by atoms with van der Waals surface area (Å²) in [5.41, 5.74) is 1.28. The quantitative estimate of drug-likeness (QED) is 0.634. The molecule has 26 heavy (non-hydrogen) atoms. The van der Waals surface area contributed by atoms with Gasteiger partial charge in [-0.05, 0) is 41.5 Å². The van der Waals surface area contributed by atoms with Crippen molar-refractivity contribution < 1.29 is 4.74 Å². The van der Waals surface area contributed by atoms with Crippen LogP contribution in [0, 0.1) is 0 Å². The van der Waals surface area contributed by atoms with E-state index in [0.717, 1.165) is 51.5 Å². The number of rotatable bonds is 6. The van der Waals surface area contributed by atoms with E-state index in [-0.39, 0.29) is 0 Å². The normalized spacial score (nSPS) is 15.3. The Bertz CT molecular complexity index is 829. The Morgan fingerprint density at radius 3 is 2.42 bits per heavy atom. The molecule has 3 aromatic rings. The first-order chi connectivity index (χ1) is 12.9. The van der Waals surface area contributed by atoms with E-state index < -0.39 is 0 Å². The predicted octanol–water partition coefficient (Wildman–Crippen LogP) is 3.83. The molecule has 4 nitrogen and oxygen atoms in total. The summed E-state index contributed by atoms with van der Waals surface area (Å²) in [6, 6.07) is 18.9. The van der Waals surface area contributed by atoms with Crippen LogP contribution in [0.1, 0.15) is 6.42 Å². The summed E-state index contributed by atoms with van der Waals surface area (Å²) in [5.74, 6) is 0.964. The van der Waals surface area contributed by atoms with Crippen molar-refractivity contribution in [3.8, 4) is 5.75 Å². The minimum absolute atomic E-state index is 0.767. The summed E-state index contributed by atoms with van der Waals surface area (Å²) in [6.07, 6.45) is 4.79. The molecule has 2 heterocycles. The van der Waals surface area contributed by atoms with E-state index in [1.807, 2.05) is 12.4 Å². The van der Waals surface area contributed by atoms with E-state index in [1.54, 1.807) is 0 Å². The van der Waals surface area contributed by atoms with Crippen LogP contribution in [0.3, 0.4) is 0 Å². The highest BCUT2D eigenvalue weighted by molar-refractivity contribution is 5.83. The van der Waals surface area contributed by atoms with Crippen LogP contribution in [0.15, 0.2) is 67.0 Å². The third kappa shape index (κ3) is 4.14. The van der Waals surface area contributed by atoms with Crippen molar-refractivity contribution in [3.63, 3.8) is 0 Å². The maximum atomic E-state index is 5.95. The molecular weight excluding hydrogens is 322 g/mol. The van der Waals surface area contributed by atoms with Gasteiger partial charge in [-0.3, -0.25) is 9.88 Å². The number of benzene rings is 2. The first-order valence-corrected chi connectivity index (χ1v) is 9.37. The molecule has 1 fully saturated rings. The number of fused-ring (bicyclic) bond motifs is 1. The van der Waals surface area contributed by atoms with E-state index >= 15 is 0 Å². The van der Waals surface area contributed by atoms with Gasteiger partial charge in [0.25, 0.3) is 0 Å². The van der Waals surface area contributed by atoms with Gasteiger partial charge >= 0.3 is 0 Å². The molecule has 0 radical (unpaired) electrons. The van der Waals surface area contributed by atoms with Crippen LogP contribution in [0.2, 0.25) is 0 Å². The fourth-order valence-corrected chi connectivity index (χ4v) is 3.52. The average molecular weight is 347 g/mol. The molecule has 0 spiro atoms. The third-order valence-electron chi connectivity index (χ3n) is 5.01. The largest absolute Gasteiger partial charge is 0.494 e. The highest BCUT2D eigenvalue weighted by Gasteiger charge is 2.16. The first-order valence-electron chi connectivity index (χ1n) is 9.37. The maximum absolute atomic E-state index is 5.95. The number of ether oxygens (including phenoxy) is 1. The molecular formula is C22H25N3O. The Kier molecular flexibility index (Phi) is 5.31. The maximum Gasteiger partial charge on any atom is 0.119 e. The molecule has 0 unspecified atom stereocenters. The predicted molar refractivity (Wildman–Crippen MR) is 107 cm³/mol. The van der Waals surface area contributed by atoms with E-state index in [2.05, 4.69) is 69.4 Å². The van der Waals surface area contributed by atoms with E-state index in [1.165, 1.54) is 16.5 Å². The van der Waals surface area contributed by atoms with Crippen LogP contribution in [0.25, 0.3) is 10.8 Å². The van der Waals surface area contributed by atoms with E-state index in [9.17, 15) is 0 Å². The van der Waals surface area contributed by atoms with Gasteiger partial charge in [-0.25, -0.2) is 0 Å². The van der Waals surface area contributed by atoms with Gasteiger partial charge in [-0.1, -0.05) is 30.3 Å². The molecule has 0 bridgehead atoms. The monoisotopic (exact) mass is 347 g/mol. The lowest BCUT2D eigenvalue weighted by molar-refractivity contribution is 0.225. The van der Waals surface area contributed by atoms with Crippen molar-refractivity contribution >= 4 is 16.5 Å². The number of aromatic nitrogens is 1. The summed E-state index contributed by atoms with van der Waals surface area (Å²) in [6.45, 7) is 6.24. The Labute approximate surface area is 155 Å². The fourth-order valence-electron chi connectivity index (χ4n) is 3.52. The molecule has 134 valence electrons. The molecule has 1 aromatic heterocycles. The molecule has 0 saturated carbocycles. The van der Waals surface area contributed by atoms with Crippen LogP contribution in [-0.4, -0.2) is 49.2 Å². The number of pyridine rings is 1. The van der Waals surface area contributed by atoms with Gasteiger partial charge < -0.3 is 9.64 Å². The van der Waals surface area contributed by atoms with Gasteiger partial charge in [-0.2, -0.15) is 0 Å². The zero-order valence-corrected chi connectivity index (χ0v) is 15.1. The molecule has 0 aliphatic carbocycles. The van der Waals surface area contributed by atoms with Gasteiger partial charge in [0.15, 0.2) is 0 Å². The van der Waals surface area contributed by atoms with Crippen LogP contribution < -0.4 is 9.64 Å². The van der Waals surface area contributed by atoms with Crippen molar-refractivity contribution in [1.82, 2.24) is 9.88 Å². The first kappa shape index (κ1) is 16.9. The second kappa shape index (κ2) is 8.19. The SMILES string of the molecule is c1ccc2cc(OCCCN3CCN(c4ccncc4)CC3)ccc2c1. The summed E-state index contributed by atoms with van der Waals surface area (Å²) in [7, 11) is 0. The Morgan fingerprint density at radius 2 is 1.62 bits per heavy atom. The Hall–Kier alpha value is -2.59. The average Bonchev–Trinajstić information content (AvgIpc) is 2.72. The highest BCUT2D eigenvalue weighted by Crippen LogP contribution is 2.20. The lowest BCUT2D eigenvalue weighted by atomic mass is 10.1. The number of hydrogen-bond acceptors (Lipinski definition) is 4. The molecule has 2 aromatic carbocycles. The van der Waals surface area contributed by atoms with Crippen LogP contribution in [-0.2, 0) is 0 Å². The number of hydrogen-bond donors (Lipinski definition) is 0. The second-order valence-electron chi connectivity index (χ2n) is 6.75. The van der Waals surface area contributed by atoms with Crippen LogP contribution >= 0.6 is 0 Å². The van der Waals surface area contributed by atoms with Crippen LogP contribution in [0.5, 0.6) is 5.75 Å². The lowest BCUT2D eigenvalue weighted by Crippen LogP contribution is -2.46. The fraction of sp³-hybridized carbons (Fsp3) is 0.318. The molecule has 0 N–H and O–H groups in total. The summed E-state index contributed by atoms with van der Waals surface area (Å²) in [4.78, 5) is 9.06. The summed E-state index contributed by atoms with van der Waals surface area (Å²) >= 11 is 0. The smallest absolute Gasteiger partial charge is 0.119 e. The molecule has 0 atom stereocenters. The van der Waals surface area contributed by atoms with Crippen molar-refractivity contribution in [2.24, 2.45) is 0 Å². The molecule has 1 saturated heterocycles. The molecule has 1 aliphatic heterocycles. The van der Waals surface area contributed by atoms with Gasteiger partial charge in [0.05, 0.1) is 6.61 Å². The Morgan fingerprint density at radius 1 is 0.846 bits per heavy atom. The van der Waals surface area contributed by atoms with Gasteiger partial charge in [-0.15, -0.1) is 0 Å². The zero-order chi connectivity index (χ0) is 17.6. The van der Waals surface area contributed by atoms with Crippen LogP contribution in [0.4, 0.5) is 5.69 Å². The van der Waals surface area contributed by atoms with Crippen molar-refractivity contribution in [2.45, 2.75) is 6.42 Å². The molecule has 4 rings (SSSR count). The van der Waals surface area contributed by atoms with Gasteiger partial charge in [0.2, 0.25) is 0 Å². The van der Waals surface area contributed by atoms with Crippen molar-refractivity contribution in [1.29, 1.82) is 0 Å². The van der Waals surface area contributed by atoms with Crippen molar-refractivity contribution in [2.75, 3.05) is 44.2 Å². The number of piperazine rings is 1.